The van der Waals surface area contributed by atoms with E-state index in [1.165, 1.54) is 5.56 Å². The monoisotopic (exact) mass is 485 g/mol. The Morgan fingerprint density at radius 3 is 2.31 bits per heavy atom. The molecule has 1 aromatic heterocycles. The number of hydrogen-bond donors (Lipinski definition) is 1. The molecule has 0 aliphatic rings. The van der Waals surface area contributed by atoms with Crippen molar-refractivity contribution in [1.29, 1.82) is 0 Å². The largest absolute Gasteiger partial charge is 0.494 e. The van der Waals surface area contributed by atoms with Crippen molar-refractivity contribution in [1.82, 2.24) is 14.9 Å². The van der Waals surface area contributed by atoms with Crippen LogP contribution in [0.25, 0.3) is 11.0 Å². The van der Waals surface area contributed by atoms with E-state index in [0.29, 0.717) is 18.3 Å². The lowest BCUT2D eigenvalue weighted by atomic mass is 10.0. The quantitative estimate of drug-likeness (QED) is 0.240. The molecule has 6 nitrogen and oxygen atoms in total. The third-order valence-corrected chi connectivity index (χ3v) is 6.15. The maximum atomic E-state index is 12.5. The van der Waals surface area contributed by atoms with E-state index in [0.717, 1.165) is 42.0 Å². The minimum absolute atomic E-state index is 0.0376. The summed E-state index contributed by atoms with van der Waals surface area (Å²) in [6.07, 6.45) is 1.86. The van der Waals surface area contributed by atoms with Crippen molar-refractivity contribution < 1.29 is 14.3 Å². The summed E-state index contributed by atoms with van der Waals surface area (Å²) in [6.45, 7) is 7.76. The fourth-order valence-corrected chi connectivity index (χ4v) is 4.18. The maximum absolute atomic E-state index is 12.5. The fraction of sp³-hybridized carbons (Fsp3) is 0.333. The molecule has 0 spiro atoms. The normalized spacial score (nSPS) is 12.0. The van der Waals surface area contributed by atoms with Gasteiger partial charge in [-0.05, 0) is 67.6 Å². The zero-order valence-electron chi connectivity index (χ0n) is 21.3. The molecular weight excluding hydrogens is 450 g/mol. The van der Waals surface area contributed by atoms with Gasteiger partial charge in [0.25, 0.3) is 5.91 Å². The molecule has 1 N–H and O–H groups in total. The molecular formula is C30H35N3O3. The summed E-state index contributed by atoms with van der Waals surface area (Å²) in [7, 11) is 0. The van der Waals surface area contributed by atoms with Crippen LogP contribution in [0.1, 0.15) is 57.0 Å². The van der Waals surface area contributed by atoms with Crippen molar-refractivity contribution in [2.45, 2.75) is 52.1 Å². The van der Waals surface area contributed by atoms with Crippen molar-refractivity contribution in [3.05, 3.63) is 90.3 Å². The zero-order chi connectivity index (χ0) is 25.3. The molecule has 1 amide bonds. The summed E-state index contributed by atoms with van der Waals surface area (Å²) in [5, 5.41) is 3.03. The molecule has 3 aromatic carbocycles. The standard InChI is InChI=1S/C30H35N3O3/c1-22(2)24-15-17-26(18-16-24)35-20-10-9-19-33-28-14-8-7-13-27(28)32-30(33)23(3)31-29(34)21-36-25-11-5-4-6-12-25/h4-8,11-18,22-23H,9-10,19-21H2,1-3H3,(H,31,34). The van der Waals surface area contributed by atoms with Crippen molar-refractivity contribution in [2.75, 3.05) is 13.2 Å². The third kappa shape index (κ3) is 6.66. The van der Waals surface area contributed by atoms with Gasteiger partial charge in [0, 0.05) is 6.54 Å². The lowest BCUT2D eigenvalue weighted by Crippen LogP contribution is -2.32. The molecule has 4 aromatic rings. The van der Waals surface area contributed by atoms with Gasteiger partial charge in [0.2, 0.25) is 0 Å². The highest BCUT2D eigenvalue weighted by Crippen LogP contribution is 2.22. The number of nitrogens with one attached hydrogen (secondary N) is 1. The van der Waals surface area contributed by atoms with E-state index in [-0.39, 0.29) is 18.6 Å². The summed E-state index contributed by atoms with van der Waals surface area (Å²) < 4.78 is 13.7. The zero-order valence-corrected chi connectivity index (χ0v) is 21.3. The first-order valence-electron chi connectivity index (χ1n) is 12.7. The number of fused-ring (bicyclic) bond motifs is 1. The lowest BCUT2D eigenvalue weighted by molar-refractivity contribution is -0.123. The van der Waals surface area contributed by atoms with Gasteiger partial charge in [-0.3, -0.25) is 4.79 Å². The van der Waals surface area contributed by atoms with Gasteiger partial charge in [0.15, 0.2) is 6.61 Å². The Morgan fingerprint density at radius 2 is 1.56 bits per heavy atom. The molecule has 36 heavy (non-hydrogen) atoms. The Hall–Kier alpha value is -3.80. The van der Waals surface area contributed by atoms with E-state index < -0.39 is 0 Å². The Morgan fingerprint density at radius 1 is 0.861 bits per heavy atom. The smallest absolute Gasteiger partial charge is 0.258 e. The van der Waals surface area contributed by atoms with Crippen LogP contribution in [-0.2, 0) is 11.3 Å². The minimum atomic E-state index is -0.250. The van der Waals surface area contributed by atoms with E-state index in [9.17, 15) is 4.79 Å². The SMILES string of the molecule is CC(C)c1ccc(OCCCCn2c(C(C)NC(=O)COc3ccccc3)nc3ccccc32)cc1. The Kier molecular flexibility index (Phi) is 8.61. The second-order valence-corrected chi connectivity index (χ2v) is 9.28. The number of benzene rings is 3. The van der Waals surface area contributed by atoms with E-state index in [1.54, 1.807) is 0 Å². The van der Waals surface area contributed by atoms with Crippen LogP contribution in [0, 0.1) is 0 Å². The lowest BCUT2D eigenvalue weighted by Gasteiger charge is -2.17. The summed E-state index contributed by atoms with van der Waals surface area (Å²) in [5.74, 6) is 2.76. The van der Waals surface area contributed by atoms with Gasteiger partial charge < -0.3 is 19.4 Å². The van der Waals surface area contributed by atoms with E-state index in [1.807, 2.05) is 67.6 Å². The van der Waals surface area contributed by atoms with Gasteiger partial charge in [0.05, 0.1) is 23.7 Å². The average molecular weight is 486 g/mol. The number of rotatable bonds is 12. The molecule has 1 heterocycles. The molecule has 0 radical (unpaired) electrons. The van der Waals surface area contributed by atoms with Gasteiger partial charge in [-0.2, -0.15) is 0 Å². The first-order valence-corrected chi connectivity index (χ1v) is 12.7. The molecule has 6 heteroatoms. The summed E-state index contributed by atoms with van der Waals surface area (Å²) >= 11 is 0. The molecule has 0 saturated heterocycles. The van der Waals surface area contributed by atoms with E-state index in [4.69, 9.17) is 14.5 Å². The number of para-hydroxylation sites is 3. The number of nitrogens with zero attached hydrogens (tertiary/aromatic N) is 2. The predicted octanol–water partition coefficient (Wildman–Crippen LogP) is 6.28. The molecule has 0 bridgehead atoms. The second kappa shape index (κ2) is 12.2. The Labute approximate surface area is 213 Å². The highest BCUT2D eigenvalue weighted by atomic mass is 16.5. The Balaban J connectivity index is 1.33. The molecule has 0 aliphatic heterocycles. The number of amides is 1. The second-order valence-electron chi connectivity index (χ2n) is 9.28. The number of imidazole rings is 1. The van der Waals surface area contributed by atoms with E-state index >= 15 is 0 Å². The Bertz CT molecular complexity index is 1250. The molecule has 1 unspecified atom stereocenters. The van der Waals surface area contributed by atoms with Crippen molar-refractivity contribution in [3.63, 3.8) is 0 Å². The predicted molar refractivity (Wildman–Crippen MR) is 143 cm³/mol. The van der Waals surface area contributed by atoms with Crippen molar-refractivity contribution in [3.8, 4) is 11.5 Å². The van der Waals surface area contributed by atoms with Crippen LogP contribution in [0.4, 0.5) is 0 Å². The highest BCUT2D eigenvalue weighted by Gasteiger charge is 2.18. The van der Waals surface area contributed by atoms with Crippen LogP contribution in [0.5, 0.6) is 11.5 Å². The minimum Gasteiger partial charge on any atom is -0.494 e. The molecule has 4 rings (SSSR count). The van der Waals surface area contributed by atoms with Crippen LogP contribution in [0.15, 0.2) is 78.9 Å². The average Bonchev–Trinajstić information content (AvgIpc) is 3.27. The van der Waals surface area contributed by atoms with Crippen LogP contribution in [-0.4, -0.2) is 28.7 Å². The van der Waals surface area contributed by atoms with E-state index in [2.05, 4.69) is 41.9 Å². The number of ether oxygens (including phenoxy) is 2. The first kappa shape index (κ1) is 25.3. The molecule has 1 atom stereocenters. The topological polar surface area (TPSA) is 65.4 Å². The van der Waals surface area contributed by atoms with Crippen molar-refractivity contribution >= 4 is 16.9 Å². The number of aryl methyl sites for hydroxylation is 1. The fourth-order valence-electron chi connectivity index (χ4n) is 4.18. The van der Waals surface area contributed by atoms with Gasteiger partial charge >= 0.3 is 0 Å². The number of hydrogen-bond acceptors (Lipinski definition) is 4. The molecule has 0 fully saturated rings. The first-order chi connectivity index (χ1) is 17.5. The number of unbranched alkanes of at least 4 members (excludes halogenated alkanes) is 1. The van der Waals surface area contributed by atoms with Crippen LogP contribution >= 0.6 is 0 Å². The molecule has 188 valence electrons. The summed E-state index contributed by atoms with van der Waals surface area (Å²) in [5.41, 5.74) is 3.31. The summed E-state index contributed by atoms with van der Waals surface area (Å²) in [4.78, 5) is 17.4. The van der Waals surface area contributed by atoms with Gasteiger partial charge in [-0.25, -0.2) is 4.98 Å². The van der Waals surface area contributed by atoms with Gasteiger partial charge in [0.1, 0.15) is 17.3 Å². The number of carbonyl (C=O) groups is 1. The van der Waals surface area contributed by atoms with Crippen LogP contribution in [0.2, 0.25) is 0 Å². The number of aromatic nitrogens is 2. The molecule has 0 saturated carbocycles. The number of carbonyl (C=O) groups excluding carboxylic acids is 1. The van der Waals surface area contributed by atoms with Crippen molar-refractivity contribution in [2.24, 2.45) is 0 Å². The van der Waals surface area contributed by atoms with Crippen LogP contribution in [0.3, 0.4) is 0 Å². The van der Waals surface area contributed by atoms with Gasteiger partial charge in [-0.15, -0.1) is 0 Å². The summed E-state index contributed by atoms with van der Waals surface area (Å²) in [6, 6.07) is 25.5. The maximum Gasteiger partial charge on any atom is 0.258 e. The highest BCUT2D eigenvalue weighted by molar-refractivity contribution is 5.79. The van der Waals surface area contributed by atoms with Crippen LogP contribution < -0.4 is 14.8 Å². The third-order valence-electron chi connectivity index (χ3n) is 6.15. The molecule has 0 aliphatic carbocycles. The van der Waals surface area contributed by atoms with Gasteiger partial charge in [-0.1, -0.05) is 56.3 Å².